The Morgan fingerprint density at radius 3 is 2.56 bits per heavy atom. The summed E-state index contributed by atoms with van der Waals surface area (Å²) in [7, 11) is 1.52. The highest BCUT2D eigenvalue weighted by Gasteiger charge is 2.28. The number of carbonyl (C=O) groups is 4. The second kappa shape index (κ2) is 8.53. The minimum absolute atomic E-state index is 0.268. The molecule has 0 spiro atoms. The summed E-state index contributed by atoms with van der Waals surface area (Å²) < 4.78 is 0. The number of rotatable bonds is 3. The molecule has 2 aliphatic heterocycles. The zero-order chi connectivity index (χ0) is 18.4. The van der Waals surface area contributed by atoms with Crippen molar-refractivity contribution in [2.24, 2.45) is 0 Å². The third-order valence-corrected chi connectivity index (χ3v) is 4.47. The van der Waals surface area contributed by atoms with Crippen LogP contribution in [-0.4, -0.2) is 49.0 Å². The van der Waals surface area contributed by atoms with E-state index in [1.165, 1.54) is 23.1 Å². The molecular formula is C18H23N3O4. The van der Waals surface area contributed by atoms with Crippen LogP contribution in [0.4, 0.5) is 0 Å². The second-order valence-electron chi connectivity index (χ2n) is 6.26. The molecule has 1 fully saturated rings. The Labute approximate surface area is 146 Å². The van der Waals surface area contributed by atoms with E-state index in [0.29, 0.717) is 19.3 Å². The molecule has 1 atom stereocenters. The normalized spacial score (nSPS) is 19.0. The lowest BCUT2D eigenvalue weighted by Crippen LogP contribution is -2.50. The average molecular weight is 345 g/mol. The lowest BCUT2D eigenvalue weighted by Gasteiger charge is -2.26. The van der Waals surface area contributed by atoms with Crippen LogP contribution in [0.15, 0.2) is 12.1 Å². The van der Waals surface area contributed by atoms with Gasteiger partial charge in [-0.15, -0.1) is 0 Å². The van der Waals surface area contributed by atoms with Crippen molar-refractivity contribution in [3.05, 3.63) is 34.4 Å². The summed E-state index contributed by atoms with van der Waals surface area (Å²) >= 11 is 0. The molecule has 1 unspecified atom stereocenters. The summed E-state index contributed by atoms with van der Waals surface area (Å²) in [6.45, 7) is 3.94. The minimum Gasteiger partial charge on any atom is -0.336 e. The third kappa shape index (κ3) is 4.73. The van der Waals surface area contributed by atoms with Crippen molar-refractivity contribution in [2.45, 2.75) is 38.8 Å². The Morgan fingerprint density at radius 1 is 1.16 bits per heavy atom. The summed E-state index contributed by atoms with van der Waals surface area (Å²) in [5.74, 6) is -0.656. The molecule has 1 saturated heterocycles. The van der Waals surface area contributed by atoms with E-state index >= 15 is 0 Å². The number of imide groups is 1. The van der Waals surface area contributed by atoms with E-state index in [4.69, 9.17) is 0 Å². The van der Waals surface area contributed by atoms with Crippen molar-refractivity contribution >= 4 is 24.5 Å². The number of likely N-dealkylation sites (N-methyl/N-ethyl adjacent to an activating group) is 1. The number of benzene rings is 1. The first kappa shape index (κ1) is 18.8. The molecule has 0 aliphatic carbocycles. The van der Waals surface area contributed by atoms with Crippen LogP contribution in [-0.2, 0) is 27.3 Å². The van der Waals surface area contributed by atoms with E-state index in [0.717, 1.165) is 36.9 Å². The summed E-state index contributed by atoms with van der Waals surface area (Å²) in [5, 5.41) is 5.46. The van der Waals surface area contributed by atoms with Crippen molar-refractivity contribution in [3.63, 3.8) is 0 Å². The molecule has 2 heterocycles. The minimum atomic E-state index is -0.486. The van der Waals surface area contributed by atoms with Crippen LogP contribution < -0.4 is 10.6 Å². The molecule has 0 bridgehead atoms. The van der Waals surface area contributed by atoms with Gasteiger partial charge in [0.1, 0.15) is 12.3 Å². The van der Waals surface area contributed by atoms with Crippen LogP contribution in [0.5, 0.6) is 0 Å². The largest absolute Gasteiger partial charge is 0.336 e. The van der Waals surface area contributed by atoms with E-state index in [2.05, 4.69) is 16.7 Å². The van der Waals surface area contributed by atoms with Gasteiger partial charge in [0, 0.05) is 25.6 Å². The maximum atomic E-state index is 11.1. The summed E-state index contributed by atoms with van der Waals surface area (Å²) in [4.78, 5) is 44.0. The van der Waals surface area contributed by atoms with Crippen LogP contribution >= 0.6 is 0 Å². The first-order valence-electron chi connectivity index (χ1n) is 8.25. The number of nitrogens with zero attached hydrogens (tertiary/aromatic N) is 1. The van der Waals surface area contributed by atoms with Crippen molar-refractivity contribution in [1.82, 2.24) is 15.5 Å². The van der Waals surface area contributed by atoms with E-state index in [1.54, 1.807) is 0 Å². The summed E-state index contributed by atoms with van der Waals surface area (Å²) in [6.07, 6.45) is 3.31. The van der Waals surface area contributed by atoms with Crippen LogP contribution in [0.1, 0.15) is 39.9 Å². The Morgan fingerprint density at radius 2 is 1.92 bits per heavy atom. The highest BCUT2D eigenvalue weighted by molar-refractivity contribution is 6.00. The molecule has 2 aliphatic rings. The number of nitrogens with one attached hydrogen (secondary N) is 2. The quantitative estimate of drug-likeness (QED) is 0.608. The van der Waals surface area contributed by atoms with Crippen molar-refractivity contribution in [2.75, 3.05) is 13.6 Å². The Hall–Kier alpha value is -2.54. The van der Waals surface area contributed by atoms with E-state index in [1.807, 2.05) is 13.0 Å². The van der Waals surface area contributed by atoms with Crippen LogP contribution in [0.3, 0.4) is 0 Å². The topological polar surface area (TPSA) is 95.6 Å². The summed E-state index contributed by atoms with van der Waals surface area (Å²) in [5.41, 5.74) is 4.58. The zero-order valence-corrected chi connectivity index (χ0v) is 14.5. The van der Waals surface area contributed by atoms with Gasteiger partial charge in [0.2, 0.25) is 18.2 Å². The third-order valence-electron chi connectivity index (χ3n) is 4.47. The number of piperidine rings is 1. The number of hydrogen-bond acceptors (Lipinski definition) is 5. The smallest absolute Gasteiger partial charge is 0.249 e. The van der Waals surface area contributed by atoms with E-state index < -0.39 is 6.04 Å². The van der Waals surface area contributed by atoms with Gasteiger partial charge in [-0.2, -0.15) is 0 Å². The predicted molar refractivity (Wildman–Crippen MR) is 92.0 cm³/mol. The Balaban J connectivity index is 0.000000181. The molecule has 3 rings (SSSR count). The predicted octanol–water partition coefficient (Wildman–Crippen LogP) is 0.333. The number of aldehydes is 1. The molecule has 2 N–H and O–H groups in total. The maximum Gasteiger partial charge on any atom is 0.249 e. The monoisotopic (exact) mass is 345 g/mol. The molecule has 0 radical (unpaired) electrons. The van der Waals surface area contributed by atoms with Gasteiger partial charge >= 0.3 is 0 Å². The van der Waals surface area contributed by atoms with Gasteiger partial charge in [-0.05, 0) is 49.1 Å². The number of carbonyl (C=O) groups excluding carboxylic acids is 4. The molecule has 134 valence electrons. The highest BCUT2D eigenvalue weighted by Crippen LogP contribution is 2.18. The highest BCUT2D eigenvalue weighted by atomic mass is 16.2. The van der Waals surface area contributed by atoms with Gasteiger partial charge < -0.3 is 10.2 Å². The average Bonchev–Trinajstić information content (AvgIpc) is 2.61. The fourth-order valence-corrected chi connectivity index (χ4v) is 2.95. The van der Waals surface area contributed by atoms with Crippen LogP contribution in [0, 0.1) is 6.92 Å². The van der Waals surface area contributed by atoms with Crippen LogP contribution in [0.25, 0.3) is 0 Å². The fourth-order valence-electron chi connectivity index (χ4n) is 2.95. The molecular weight excluding hydrogens is 322 g/mol. The van der Waals surface area contributed by atoms with E-state index in [-0.39, 0.29) is 11.8 Å². The molecule has 0 aromatic heterocycles. The van der Waals surface area contributed by atoms with Crippen molar-refractivity contribution < 1.29 is 19.2 Å². The van der Waals surface area contributed by atoms with Crippen molar-refractivity contribution in [1.29, 1.82) is 0 Å². The van der Waals surface area contributed by atoms with Gasteiger partial charge in [0.05, 0.1) is 0 Å². The molecule has 1 aromatic carbocycles. The fraction of sp³-hybridized carbons (Fsp3) is 0.444. The van der Waals surface area contributed by atoms with Gasteiger partial charge in [-0.3, -0.25) is 24.5 Å². The number of hydrogen-bond donors (Lipinski definition) is 2. The lowest BCUT2D eigenvalue weighted by molar-refractivity contribution is -0.140. The Kier molecular flexibility index (Phi) is 6.41. The maximum absolute atomic E-state index is 11.1. The standard InChI is InChI=1S/C11H13NO.C7H10N2O3/c1-8-4-9-2-3-12-6-10(9)5-11(8)7-13;1-9(4-10)5-2-3-6(11)8-7(5)12/h4-5,7,12H,2-3,6H2,1H3;4-5H,2-3H2,1H3,(H,8,11,12). The molecule has 0 saturated carbocycles. The second-order valence-corrected chi connectivity index (χ2v) is 6.26. The first-order chi connectivity index (χ1) is 12.0. The lowest BCUT2D eigenvalue weighted by atomic mass is 9.95. The SMILES string of the molecule is CN(C=O)C1CCC(=O)NC1=O.Cc1cc2c(cc1C=O)CNCC2. The first-order valence-corrected chi connectivity index (χ1v) is 8.25. The Bertz CT molecular complexity index is 687. The molecule has 1 aromatic rings. The molecule has 3 amide bonds. The van der Waals surface area contributed by atoms with E-state index in [9.17, 15) is 19.2 Å². The zero-order valence-electron chi connectivity index (χ0n) is 14.5. The van der Waals surface area contributed by atoms with Gasteiger partial charge in [-0.25, -0.2) is 0 Å². The molecule has 7 nitrogen and oxygen atoms in total. The number of amides is 3. The van der Waals surface area contributed by atoms with Crippen molar-refractivity contribution in [3.8, 4) is 0 Å². The molecule has 25 heavy (non-hydrogen) atoms. The van der Waals surface area contributed by atoms with Gasteiger partial charge in [-0.1, -0.05) is 6.07 Å². The molecule has 7 heteroatoms. The van der Waals surface area contributed by atoms with Gasteiger partial charge in [0.15, 0.2) is 0 Å². The van der Waals surface area contributed by atoms with Crippen LogP contribution in [0.2, 0.25) is 0 Å². The van der Waals surface area contributed by atoms with Gasteiger partial charge in [0.25, 0.3) is 0 Å². The summed E-state index contributed by atoms with van der Waals surface area (Å²) in [6, 6.07) is 3.66. The number of fused-ring (bicyclic) bond motifs is 1. The number of aryl methyl sites for hydroxylation is 1.